The van der Waals surface area contributed by atoms with Gasteiger partial charge in [-0.15, -0.1) is 0 Å². The van der Waals surface area contributed by atoms with Crippen LogP contribution < -0.4 is 0 Å². The average molecular weight is 347 g/mol. The van der Waals surface area contributed by atoms with Gasteiger partial charge in [0.05, 0.1) is 18.3 Å². The minimum absolute atomic E-state index is 0.266. The van der Waals surface area contributed by atoms with Gasteiger partial charge in [-0.25, -0.2) is 0 Å². The Balaban J connectivity index is 3.91. The lowest BCUT2D eigenvalue weighted by Gasteiger charge is -2.26. The summed E-state index contributed by atoms with van der Waals surface area (Å²) in [6.07, 6.45) is 3.64. The Kier molecular flexibility index (Phi) is 13.9. The van der Waals surface area contributed by atoms with E-state index in [1.54, 1.807) is 13.8 Å². The molecular formula is C19H42N2O3. The van der Waals surface area contributed by atoms with Gasteiger partial charge in [-0.1, -0.05) is 26.7 Å². The fraction of sp³-hybridized carbons (Fsp3) is 1.00. The second kappa shape index (κ2) is 14.0. The van der Waals surface area contributed by atoms with Crippen LogP contribution in [0, 0.1) is 5.92 Å². The molecule has 0 aliphatic heterocycles. The second-order valence-corrected chi connectivity index (χ2v) is 7.87. The van der Waals surface area contributed by atoms with Gasteiger partial charge >= 0.3 is 0 Å². The molecule has 0 aliphatic rings. The van der Waals surface area contributed by atoms with E-state index in [1.807, 2.05) is 6.92 Å². The van der Waals surface area contributed by atoms with Crippen molar-refractivity contribution in [3.63, 3.8) is 0 Å². The summed E-state index contributed by atoms with van der Waals surface area (Å²) >= 11 is 0. The van der Waals surface area contributed by atoms with Crippen LogP contribution in [-0.2, 0) is 0 Å². The van der Waals surface area contributed by atoms with Crippen LogP contribution in [0.3, 0.4) is 0 Å². The van der Waals surface area contributed by atoms with Crippen molar-refractivity contribution in [3.8, 4) is 0 Å². The van der Waals surface area contributed by atoms with Gasteiger partial charge in [0.25, 0.3) is 0 Å². The van der Waals surface area contributed by atoms with Crippen molar-refractivity contribution in [2.24, 2.45) is 5.92 Å². The van der Waals surface area contributed by atoms with Crippen LogP contribution in [0.4, 0.5) is 0 Å². The van der Waals surface area contributed by atoms with Crippen LogP contribution in [0.5, 0.6) is 0 Å². The third-order valence-corrected chi connectivity index (χ3v) is 3.89. The topological polar surface area (TPSA) is 67.2 Å². The zero-order chi connectivity index (χ0) is 18.5. The van der Waals surface area contributed by atoms with E-state index in [-0.39, 0.29) is 18.3 Å². The first-order chi connectivity index (χ1) is 11.2. The molecule has 0 aromatic rings. The van der Waals surface area contributed by atoms with Crippen molar-refractivity contribution in [2.75, 3.05) is 39.3 Å². The van der Waals surface area contributed by atoms with E-state index in [9.17, 15) is 15.3 Å². The van der Waals surface area contributed by atoms with Gasteiger partial charge in [-0.3, -0.25) is 4.90 Å². The number of aliphatic hydroxyl groups is 3. The van der Waals surface area contributed by atoms with Gasteiger partial charge in [0.15, 0.2) is 0 Å². The van der Waals surface area contributed by atoms with E-state index in [0.717, 1.165) is 39.0 Å². The molecule has 0 aromatic carbocycles. The van der Waals surface area contributed by atoms with E-state index >= 15 is 0 Å². The molecule has 5 heteroatoms. The fourth-order valence-electron chi connectivity index (χ4n) is 3.18. The van der Waals surface area contributed by atoms with Crippen molar-refractivity contribution in [3.05, 3.63) is 0 Å². The molecule has 0 saturated carbocycles. The Bertz CT molecular complexity index is 236. The normalized spacial score (nSPS) is 16.1. The SMILES string of the molecule is CC(C)CN(CCCCCCN(CC(C)O)CC(C)O)CC(C)O. The molecular weight excluding hydrogens is 304 g/mol. The van der Waals surface area contributed by atoms with Crippen molar-refractivity contribution >= 4 is 0 Å². The molecule has 24 heavy (non-hydrogen) atoms. The second-order valence-electron chi connectivity index (χ2n) is 7.87. The predicted octanol–water partition coefficient (Wildman–Crippen LogP) is 1.95. The maximum Gasteiger partial charge on any atom is 0.0639 e. The molecule has 0 heterocycles. The molecule has 3 unspecified atom stereocenters. The minimum Gasteiger partial charge on any atom is -0.392 e. The standard InChI is InChI=1S/C19H42N2O3/c1-16(2)12-20(13-17(3)22)10-8-6-7-9-11-21(14-18(4)23)15-19(5)24/h16-19,22-24H,6-15H2,1-5H3. The van der Waals surface area contributed by atoms with Crippen molar-refractivity contribution in [1.29, 1.82) is 0 Å². The van der Waals surface area contributed by atoms with Gasteiger partial charge in [0, 0.05) is 26.2 Å². The molecule has 3 N–H and O–H groups in total. The first-order valence-electron chi connectivity index (χ1n) is 9.69. The summed E-state index contributed by atoms with van der Waals surface area (Å²) < 4.78 is 0. The summed E-state index contributed by atoms with van der Waals surface area (Å²) in [5.41, 5.74) is 0. The summed E-state index contributed by atoms with van der Waals surface area (Å²) in [5.74, 6) is 0.623. The molecule has 3 atom stereocenters. The molecule has 0 rings (SSSR count). The average Bonchev–Trinajstić information content (AvgIpc) is 2.39. The van der Waals surface area contributed by atoms with Gasteiger partial charge in [-0.05, 0) is 52.6 Å². The quantitative estimate of drug-likeness (QED) is 0.396. The summed E-state index contributed by atoms with van der Waals surface area (Å²) in [4.78, 5) is 4.51. The van der Waals surface area contributed by atoms with E-state index in [2.05, 4.69) is 23.6 Å². The molecule has 0 aliphatic carbocycles. The van der Waals surface area contributed by atoms with Crippen LogP contribution in [0.1, 0.15) is 60.3 Å². The largest absolute Gasteiger partial charge is 0.392 e. The van der Waals surface area contributed by atoms with Gasteiger partial charge in [0.1, 0.15) is 0 Å². The molecule has 0 saturated heterocycles. The van der Waals surface area contributed by atoms with E-state index in [1.165, 1.54) is 12.8 Å². The number of aliphatic hydroxyl groups excluding tert-OH is 3. The van der Waals surface area contributed by atoms with Crippen molar-refractivity contribution in [1.82, 2.24) is 9.80 Å². The smallest absolute Gasteiger partial charge is 0.0639 e. The molecule has 0 aromatic heterocycles. The molecule has 0 spiro atoms. The highest BCUT2D eigenvalue weighted by Gasteiger charge is 2.11. The lowest BCUT2D eigenvalue weighted by molar-refractivity contribution is 0.0823. The van der Waals surface area contributed by atoms with E-state index in [4.69, 9.17) is 0 Å². The first-order valence-corrected chi connectivity index (χ1v) is 9.69. The summed E-state index contributed by atoms with van der Waals surface area (Å²) in [5, 5.41) is 28.7. The third-order valence-electron chi connectivity index (χ3n) is 3.89. The summed E-state index contributed by atoms with van der Waals surface area (Å²) in [7, 11) is 0. The first kappa shape index (κ1) is 23.8. The number of rotatable bonds is 15. The van der Waals surface area contributed by atoms with Crippen molar-refractivity contribution in [2.45, 2.75) is 78.6 Å². The zero-order valence-electron chi connectivity index (χ0n) is 16.6. The lowest BCUT2D eigenvalue weighted by atomic mass is 10.1. The van der Waals surface area contributed by atoms with Crippen LogP contribution in [0.15, 0.2) is 0 Å². The monoisotopic (exact) mass is 346 g/mol. The number of unbranched alkanes of at least 4 members (excludes halogenated alkanes) is 3. The van der Waals surface area contributed by atoms with Crippen LogP contribution in [0.25, 0.3) is 0 Å². The highest BCUT2D eigenvalue weighted by Crippen LogP contribution is 2.07. The molecule has 0 radical (unpaired) electrons. The minimum atomic E-state index is -0.353. The zero-order valence-corrected chi connectivity index (χ0v) is 16.6. The van der Waals surface area contributed by atoms with E-state index < -0.39 is 0 Å². The number of hydrogen-bond acceptors (Lipinski definition) is 5. The van der Waals surface area contributed by atoms with Gasteiger partial charge in [-0.2, -0.15) is 0 Å². The van der Waals surface area contributed by atoms with Gasteiger partial charge < -0.3 is 20.2 Å². The van der Waals surface area contributed by atoms with E-state index in [0.29, 0.717) is 19.0 Å². The van der Waals surface area contributed by atoms with Crippen LogP contribution in [-0.4, -0.2) is 82.7 Å². The molecule has 0 amide bonds. The number of nitrogens with zero attached hydrogens (tertiary/aromatic N) is 2. The third kappa shape index (κ3) is 15.3. The maximum atomic E-state index is 9.59. The van der Waals surface area contributed by atoms with Crippen LogP contribution in [0.2, 0.25) is 0 Å². The maximum absolute atomic E-state index is 9.59. The van der Waals surface area contributed by atoms with Gasteiger partial charge in [0.2, 0.25) is 0 Å². The number of hydrogen-bond donors (Lipinski definition) is 3. The Morgan fingerprint density at radius 3 is 1.17 bits per heavy atom. The Labute approximate surface area is 149 Å². The molecule has 0 fully saturated rings. The Morgan fingerprint density at radius 1 is 0.542 bits per heavy atom. The highest BCUT2D eigenvalue weighted by atomic mass is 16.3. The molecule has 0 bridgehead atoms. The van der Waals surface area contributed by atoms with Crippen LogP contribution >= 0.6 is 0 Å². The predicted molar refractivity (Wildman–Crippen MR) is 101 cm³/mol. The summed E-state index contributed by atoms with van der Waals surface area (Å²) in [6.45, 7) is 14.9. The molecule has 146 valence electrons. The summed E-state index contributed by atoms with van der Waals surface area (Å²) in [6, 6.07) is 0. The fourth-order valence-corrected chi connectivity index (χ4v) is 3.18. The Morgan fingerprint density at radius 2 is 0.875 bits per heavy atom. The highest BCUT2D eigenvalue weighted by molar-refractivity contribution is 4.66. The van der Waals surface area contributed by atoms with Crippen molar-refractivity contribution < 1.29 is 15.3 Å². The molecule has 5 nitrogen and oxygen atoms in total. The lowest BCUT2D eigenvalue weighted by Crippen LogP contribution is -2.37. The Hall–Kier alpha value is -0.200.